The number of hydrogen-bond donors (Lipinski definition) is 0. The van der Waals surface area contributed by atoms with E-state index in [1.54, 1.807) is 0 Å². The van der Waals surface area contributed by atoms with Crippen LogP contribution in [0, 0.1) is 18.8 Å². The Kier molecular flexibility index (Phi) is 3.58. The van der Waals surface area contributed by atoms with Gasteiger partial charge in [-0.25, -0.2) is 0 Å². The van der Waals surface area contributed by atoms with Gasteiger partial charge in [0.2, 0.25) is 0 Å². The van der Waals surface area contributed by atoms with Crippen molar-refractivity contribution in [1.29, 1.82) is 0 Å². The van der Waals surface area contributed by atoms with Crippen molar-refractivity contribution in [3.63, 3.8) is 0 Å². The summed E-state index contributed by atoms with van der Waals surface area (Å²) in [4.78, 5) is 2.39. The maximum absolute atomic E-state index is 3.51. The number of halogens is 1. The highest BCUT2D eigenvalue weighted by molar-refractivity contribution is 9.08. The highest BCUT2D eigenvalue weighted by atomic mass is 79.9. The smallest absolute Gasteiger partial charge is 0.0366 e. The number of hydrogen-bond acceptors (Lipinski definition) is 1. The van der Waals surface area contributed by atoms with Crippen molar-refractivity contribution in [1.82, 2.24) is 0 Å². The summed E-state index contributed by atoms with van der Waals surface area (Å²) < 4.78 is 0. The zero-order valence-corrected chi connectivity index (χ0v) is 11.9. The maximum atomic E-state index is 3.51. The fourth-order valence-electron chi connectivity index (χ4n) is 2.18. The summed E-state index contributed by atoms with van der Waals surface area (Å²) in [7, 11) is 2.20. The van der Waals surface area contributed by atoms with Gasteiger partial charge in [-0.15, -0.1) is 0 Å². The molecule has 0 aromatic heterocycles. The van der Waals surface area contributed by atoms with Crippen molar-refractivity contribution in [3.05, 3.63) is 29.3 Å². The van der Waals surface area contributed by atoms with Crippen molar-refractivity contribution in [2.24, 2.45) is 11.8 Å². The van der Waals surface area contributed by atoms with E-state index in [1.165, 1.54) is 29.8 Å². The summed E-state index contributed by atoms with van der Waals surface area (Å²) in [5, 5.41) is 0.947. The third-order valence-electron chi connectivity index (χ3n) is 3.70. The molecule has 0 saturated heterocycles. The molecule has 0 spiro atoms. The van der Waals surface area contributed by atoms with E-state index in [4.69, 9.17) is 0 Å². The molecule has 0 bridgehead atoms. The molecule has 1 fully saturated rings. The molecule has 88 valence electrons. The Balaban J connectivity index is 2.05. The van der Waals surface area contributed by atoms with Gasteiger partial charge < -0.3 is 4.90 Å². The first-order valence-corrected chi connectivity index (χ1v) is 7.10. The molecule has 0 heterocycles. The first-order chi connectivity index (χ1) is 7.61. The van der Waals surface area contributed by atoms with Gasteiger partial charge in [0, 0.05) is 24.6 Å². The van der Waals surface area contributed by atoms with Crippen molar-refractivity contribution < 1.29 is 0 Å². The van der Waals surface area contributed by atoms with E-state index in [0.717, 1.165) is 17.2 Å². The summed E-state index contributed by atoms with van der Waals surface area (Å²) in [6.45, 7) is 5.74. The first-order valence-electron chi connectivity index (χ1n) is 5.98. The van der Waals surface area contributed by atoms with Gasteiger partial charge in [0.1, 0.15) is 0 Å². The van der Waals surface area contributed by atoms with Crippen LogP contribution in [0.5, 0.6) is 0 Å². The molecule has 0 aliphatic heterocycles. The van der Waals surface area contributed by atoms with Crippen LogP contribution in [0.4, 0.5) is 5.69 Å². The number of aryl methyl sites for hydroxylation is 1. The first kappa shape index (κ1) is 12.0. The van der Waals surface area contributed by atoms with Crippen LogP contribution in [0.3, 0.4) is 0 Å². The molecule has 1 saturated carbocycles. The SMILES string of the molecule is Cc1cc(N(C)CC2CC2C)ccc1CBr. The topological polar surface area (TPSA) is 3.24 Å². The molecule has 16 heavy (non-hydrogen) atoms. The molecule has 1 nitrogen and oxygen atoms in total. The lowest BCUT2D eigenvalue weighted by molar-refractivity contribution is 0.725. The Morgan fingerprint density at radius 1 is 1.44 bits per heavy atom. The van der Waals surface area contributed by atoms with Gasteiger partial charge in [-0.05, 0) is 48.4 Å². The van der Waals surface area contributed by atoms with Crippen molar-refractivity contribution >= 4 is 21.6 Å². The van der Waals surface area contributed by atoms with Crippen LogP contribution >= 0.6 is 15.9 Å². The van der Waals surface area contributed by atoms with Crippen molar-refractivity contribution in [2.75, 3.05) is 18.5 Å². The summed E-state index contributed by atoms with van der Waals surface area (Å²) in [5.41, 5.74) is 4.11. The predicted molar refractivity (Wildman–Crippen MR) is 74.4 cm³/mol. The fraction of sp³-hybridized carbons (Fsp3) is 0.571. The lowest BCUT2D eigenvalue weighted by Crippen LogP contribution is -2.20. The highest BCUT2D eigenvalue weighted by Crippen LogP contribution is 2.38. The maximum Gasteiger partial charge on any atom is 0.0366 e. The normalized spacial score (nSPS) is 23.2. The molecule has 1 aliphatic carbocycles. The molecular weight excluding hydrogens is 262 g/mol. The summed E-state index contributed by atoms with van der Waals surface area (Å²) in [5.74, 6) is 1.85. The molecule has 2 unspecified atom stereocenters. The van der Waals surface area contributed by atoms with E-state index in [2.05, 4.69) is 59.9 Å². The summed E-state index contributed by atoms with van der Waals surface area (Å²) in [6.07, 6.45) is 1.41. The Hall–Kier alpha value is -0.500. The summed E-state index contributed by atoms with van der Waals surface area (Å²) in [6, 6.07) is 6.76. The standard InChI is InChI=1S/C14H20BrN/c1-10-6-13(10)9-16(3)14-5-4-12(8-15)11(2)7-14/h4-5,7,10,13H,6,8-9H2,1-3H3. The molecule has 0 N–H and O–H groups in total. The van der Waals surface area contributed by atoms with E-state index in [9.17, 15) is 0 Å². The van der Waals surface area contributed by atoms with Crippen LogP contribution in [-0.2, 0) is 5.33 Å². The van der Waals surface area contributed by atoms with E-state index in [0.29, 0.717) is 0 Å². The second kappa shape index (κ2) is 4.79. The van der Waals surface area contributed by atoms with Crippen LogP contribution in [0.15, 0.2) is 18.2 Å². The van der Waals surface area contributed by atoms with Crippen LogP contribution < -0.4 is 4.90 Å². The number of alkyl halides is 1. The molecule has 1 aliphatic rings. The molecule has 1 aromatic rings. The van der Waals surface area contributed by atoms with Gasteiger partial charge in [-0.2, -0.15) is 0 Å². The minimum atomic E-state index is 0.918. The molecule has 2 atom stereocenters. The molecule has 0 amide bonds. The zero-order valence-electron chi connectivity index (χ0n) is 10.3. The second-order valence-electron chi connectivity index (χ2n) is 5.10. The average molecular weight is 282 g/mol. The number of rotatable bonds is 4. The predicted octanol–water partition coefficient (Wildman–Crippen LogP) is 3.98. The summed E-state index contributed by atoms with van der Waals surface area (Å²) >= 11 is 3.51. The zero-order chi connectivity index (χ0) is 11.7. The molecule has 1 aromatic carbocycles. The number of anilines is 1. The monoisotopic (exact) mass is 281 g/mol. The van der Waals surface area contributed by atoms with Gasteiger partial charge in [-0.1, -0.05) is 28.9 Å². The molecule has 2 heteroatoms. The van der Waals surface area contributed by atoms with E-state index < -0.39 is 0 Å². The molecule has 0 radical (unpaired) electrons. The minimum Gasteiger partial charge on any atom is -0.374 e. The Morgan fingerprint density at radius 3 is 2.62 bits per heavy atom. The van der Waals surface area contributed by atoms with Crippen LogP contribution in [-0.4, -0.2) is 13.6 Å². The van der Waals surface area contributed by atoms with Crippen LogP contribution in [0.1, 0.15) is 24.5 Å². The average Bonchev–Trinajstić information content (AvgIpc) is 2.94. The molecular formula is C14H20BrN. The lowest BCUT2D eigenvalue weighted by Gasteiger charge is -2.20. The third-order valence-corrected chi connectivity index (χ3v) is 4.30. The van der Waals surface area contributed by atoms with Gasteiger partial charge in [-0.3, -0.25) is 0 Å². The molecule has 2 rings (SSSR count). The number of benzene rings is 1. The van der Waals surface area contributed by atoms with Crippen LogP contribution in [0.25, 0.3) is 0 Å². The number of nitrogens with zero attached hydrogens (tertiary/aromatic N) is 1. The Bertz CT molecular complexity index is 375. The Labute approximate surface area is 107 Å². The van der Waals surface area contributed by atoms with Crippen molar-refractivity contribution in [2.45, 2.75) is 25.6 Å². The quantitative estimate of drug-likeness (QED) is 0.755. The highest BCUT2D eigenvalue weighted by Gasteiger charge is 2.33. The van der Waals surface area contributed by atoms with Gasteiger partial charge >= 0.3 is 0 Å². The second-order valence-corrected chi connectivity index (χ2v) is 5.66. The van der Waals surface area contributed by atoms with Gasteiger partial charge in [0.05, 0.1) is 0 Å². The fourth-order valence-corrected chi connectivity index (χ4v) is 2.81. The lowest BCUT2D eigenvalue weighted by atomic mass is 10.1. The van der Waals surface area contributed by atoms with Gasteiger partial charge in [0.15, 0.2) is 0 Å². The van der Waals surface area contributed by atoms with E-state index in [1.807, 2.05) is 0 Å². The Morgan fingerprint density at radius 2 is 2.12 bits per heavy atom. The minimum absolute atomic E-state index is 0.918. The van der Waals surface area contributed by atoms with Gasteiger partial charge in [0.25, 0.3) is 0 Å². The third kappa shape index (κ3) is 2.60. The van der Waals surface area contributed by atoms with E-state index >= 15 is 0 Å². The largest absolute Gasteiger partial charge is 0.374 e. The van der Waals surface area contributed by atoms with E-state index in [-0.39, 0.29) is 0 Å². The van der Waals surface area contributed by atoms with Crippen LogP contribution in [0.2, 0.25) is 0 Å². The van der Waals surface area contributed by atoms with Crippen molar-refractivity contribution in [3.8, 4) is 0 Å².